The Morgan fingerprint density at radius 3 is 2.47 bits per heavy atom. The van der Waals surface area contributed by atoms with Gasteiger partial charge in [0.2, 0.25) is 0 Å². The fourth-order valence-electron chi connectivity index (χ4n) is 3.45. The molecular formula is C24H27ClN2O5. The molecule has 0 saturated carbocycles. The van der Waals surface area contributed by atoms with Gasteiger partial charge in [-0.3, -0.25) is 0 Å². The highest BCUT2D eigenvalue weighted by atomic mass is 35.5. The molecule has 2 amide bonds. The fraction of sp³-hybridized carbons (Fsp3) is 0.333. The summed E-state index contributed by atoms with van der Waals surface area (Å²) in [6.45, 7) is 6.13. The molecule has 3 rings (SSSR count). The highest BCUT2D eigenvalue weighted by Crippen LogP contribution is 2.36. The molecule has 2 aromatic rings. The fourth-order valence-corrected chi connectivity index (χ4v) is 3.58. The molecule has 0 saturated heterocycles. The monoisotopic (exact) mass is 458 g/mol. The molecule has 1 heterocycles. The van der Waals surface area contributed by atoms with Gasteiger partial charge in [0.1, 0.15) is 6.61 Å². The summed E-state index contributed by atoms with van der Waals surface area (Å²) in [7, 11) is 1.54. The van der Waals surface area contributed by atoms with Gasteiger partial charge in [-0.05, 0) is 48.2 Å². The average molecular weight is 459 g/mol. The highest BCUT2D eigenvalue weighted by molar-refractivity contribution is 6.30. The Kier molecular flexibility index (Phi) is 7.64. The number of nitrogens with one attached hydrogen (secondary N) is 2. The topological polar surface area (TPSA) is 85.9 Å². The van der Waals surface area contributed by atoms with Crippen molar-refractivity contribution in [3.8, 4) is 11.5 Å². The van der Waals surface area contributed by atoms with E-state index < -0.39 is 12.0 Å². The second-order valence-corrected chi connectivity index (χ2v) is 8.00. The molecule has 32 heavy (non-hydrogen) atoms. The summed E-state index contributed by atoms with van der Waals surface area (Å²) >= 11 is 5.93. The van der Waals surface area contributed by atoms with Crippen LogP contribution in [0.15, 0.2) is 53.7 Å². The summed E-state index contributed by atoms with van der Waals surface area (Å²) in [4.78, 5) is 25.1. The molecule has 1 atom stereocenters. The summed E-state index contributed by atoms with van der Waals surface area (Å²) in [5.74, 6) is 0.471. The van der Waals surface area contributed by atoms with E-state index in [1.54, 1.807) is 37.3 Å². The zero-order valence-electron chi connectivity index (χ0n) is 18.5. The van der Waals surface area contributed by atoms with E-state index in [9.17, 15) is 9.59 Å². The number of hydrogen-bond donors (Lipinski definition) is 2. The van der Waals surface area contributed by atoms with Gasteiger partial charge < -0.3 is 24.8 Å². The molecule has 0 aromatic heterocycles. The van der Waals surface area contributed by atoms with E-state index in [4.69, 9.17) is 25.8 Å². The zero-order valence-corrected chi connectivity index (χ0v) is 19.3. The standard InChI is InChI=1S/C24H27ClN2O5/c1-5-31-23(28)20-21(14(2)3)26-24(29)27-22(20)16-8-11-18(19(12-16)30-4)32-13-15-6-9-17(25)10-7-15/h6-12,14,22H,5,13H2,1-4H3,(H2,26,27,29). The van der Waals surface area contributed by atoms with E-state index in [0.717, 1.165) is 5.56 Å². The molecule has 0 aliphatic carbocycles. The van der Waals surface area contributed by atoms with Gasteiger partial charge in [0.05, 0.1) is 25.3 Å². The molecule has 1 aliphatic rings. The van der Waals surface area contributed by atoms with Gasteiger partial charge in [0.15, 0.2) is 11.5 Å². The number of halogens is 1. The normalized spacial score (nSPS) is 15.8. The van der Waals surface area contributed by atoms with Crippen LogP contribution in [0.2, 0.25) is 5.02 Å². The van der Waals surface area contributed by atoms with Crippen molar-refractivity contribution in [2.45, 2.75) is 33.4 Å². The second-order valence-electron chi connectivity index (χ2n) is 7.56. The number of methoxy groups -OCH3 is 1. The summed E-state index contributed by atoms with van der Waals surface area (Å²) in [5.41, 5.74) is 2.55. The van der Waals surface area contributed by atoms with Crippen molar-refractivity contribution >= 4 is 23.6 Å². The number of esters is 1. The van der Waals surface area contributed by atoms with Crippen LogP contribution >= 0.6 is 11.6 Å². The van der Waals surface area contributed by atoms with Crippen molar-refractivity contribution in [3.05, 3.63) is 69.9 Å². The Hall–Kier alpha value is -3.19. The van der Waals surface area contributed by atoms with Crippen LogP contribution in [0, 0.1) is 5.92 Å². The first kappa shape index (κ1) is 23.5. The molecule has 8 heteroatoms. The van der Waals surface area contributed by atoms with Crippen molar-refractivity contribution in [3.63, 3.8) is 0 Å². The lowest BCUT2D eigenvalue weighted by molar-refractivity contribution is -0.139. The van der Waals surface area contributed by atoms with E-state index in [1.165, 1.54) is 7.11 Å². The quantitative estimate of drug-likeness (QED) is 0.557. The van der Waals surface area contributed by atoms with Gasteiger partial charge >= 0.3 is 12.0 Å². The molecule has 2 aromatic carbocycles. The summed E-state index contributed by atoms with van der Waals surface area (Å²) < 4.78 is 16.7. The van der Waals surface area contributed by atoms with E-state index in [2.05, 4.69) is 10.6 Å². The van der Waals surface area contributed by atoms with E-state index in [-0.39, 0.29) is 18.6 Å². The predicted molar refractivity (Wildman–Crippen MR) is 122 cm³/mol. The smallest absolute Gasteiger partial charge is 0.338 e. The lowest BCUT2D eigenvalue weighted by Crippen LogP contribution is -2.47. The molecule has 0 radical (unpaired) electrons. The van der Waals surface area contributed by atoms with Crippen molar-refractivity contribution in [1.82, 2.24) is 10.6 Å². The number of amides is 2. The molecule has 170 valence electrons. The van der Waals surface area contributed by atoms with Gasteiger partial charge in [-0.25, -0.2) is 9.59 Å². The number of carbonyl (C=O) groups excluding carboxylic acids is 2. The first-order valence-corrected chi connectivity index (χ1v) is 10.8. The first-order chi connectivity index (χ1) is 15.3. The Morgan fingerprint density at radius 2 is 1.84 bits per heavy atom. The van der Waals surface area contributed by atoms with Crippen molar-refractivity contribution in [2.24, 2.45) is 5.92 Å². The minimum Gasteiger partial charge on any atom is -0.493 e. The third-order valence-corrected chi connectivity index (χ3v) is 5.26. The number of allylic oxidation sites excluding steroid dienone is 1. The molecule has 0 fully saturated rings. The lowest BCUT2D eigenvalue weighted by atomic mass is 9.91. The van der Waals surface area contributed by atoms with Gasteiger partial charge in [0, 0.05) is 10.7 Å². The number of ether oxygens (including phenoxy) is 3. The molecule has 2 N–H and O–H groups in total. The molecule has 1 aliphatic heterocycles. The Balaban J connectivity index is 1.92. The van der Waals surface area contributed by atoms with Crippen LogP contribution in [-0.4, -0.2) is 25.7 Å². The van der Waals surface area contributed by atoms with E-state index >= 15 is 0 Å². The number of carbonyl (C=O) groups is 2. The van der Waals surface area contributed by atoms with Crippen LogP contribution in [0.1, 0.15) is 37.9 Å². The molecule has 1 unspecified atom stereocenters. The molecular weight excluding hydrogens is 432 g/mol. The maximum atomic E-state index is 12.8. The highest BCUT2D eigenvalue weighted by Gasteiger charge is 2.35. The SMILES string of the molecule is CCOC(=O)C1=C(C(C)C)NC(=O)NC1c1ccc(OCc2ccc(Cl)cc2)c(OC)c1. The maximum absolute atomic E-state index is 12.8. The number of urea groups is 1. The van der Waals surface area contributed by atoms with E-state index in [1.807, 2.05) is 26.0 Å². The Morgan fingerprint density at radius 1 is 1.12 bits per heavy atom. The molecule has 0 bridgehead atoms. The van der Waals surface area contributed by atoms with Crippen LogP contribution < -0.4 is 20.1 Å². The van der Waals surface area contributed by atoms with Crippen LogP contribution in [0.5, 0.6) is 11.5 Å². The summed E-state index contributed by atoms with van der Waals surface area (Å²) in [6.07, 6.45) is 0. The average Bonchev–Trinajstić information content (AvgIpc) is 2.78. The van der Waals surface area contributed by atoms with Gasteiger partial charge in [-0.15, -0.1) is 0 Å². The predicted octanol–water partition coefficient (Wildman–Crippen LogP) is 4.75. The second kappa shape index (κ2) is 10.4. The van der Waals surface area contributed by atoms with Gasteiger partial charge in [-0.2, -0.15) is 0 Å². The van der Waals surface area contributed by atoms with Gasteiger partial charge in [0.25, 0.3) is 0 Å². The first-order valence-electron chi connectivity index (χ1n) is 10.4. The Bertz CT molecular complexity index is 1020. The third-order valence-electron chi connectivity index (χ3n) is 5.00. The number of hydrogen-bond acceptors (Lipinski definition) is 5. The number of rotatable bonds is 8. The minimum atomic E-state index is -0.681. The van der Waals surface area contributed by atoms with Crippen LogP contribution in [-0.2, 0) is 16.1 Å². The van der Waals surface area contributed by atoms with Crippen molar-refractivity contribution < 1.29 is 23.8 Å². The summed E-state index contributed by atoms with van der Waals surface area (Å²) in [5, 5.41) is 6.23. The van der Waals surface area contributed by atoms with Gasteiger partial charge in [-0.1, -0.05) is 43.6 Å². The van der Waals surface area contributed by atoms with Crippen LogP contribution in [0.25, 0.3) is 0 Å². The molecule has 0 spiro atoms. The van der Waals surface area contributed by atoms with Crippen LogP contribution in [0.3, 0.4) is 0 Å². The maximum Gasteiger partial charge on any atom is 0.338 e. The molecule has 7 nitrogen and oxygen atoms in total. The van der Waals surface area contributed by atoms with Crippen molar-refractivity contribution in [1.29, 1.82) is 0 Å². The summed E-state index contributed by atoms with van der Waals surface area (Å²) in [6, 6.07) is 11.6. The van der Waals surface area contributed by atoms with Crippen molar-refractivity contribution in [2.75, 3.05) is 13.7 Å². The Labute approximate surface area is 192 Å². The largest absolute Gasteiger partial charge is 0.493 e. The third kappa shape index (κ3) is 5.34. The van der Waals surface area contributed by atoms with E-state index in [0.29, 0.717) is 40.0 Å². The lowest BCUT2D eigenvalue weighted by Gasteiger charge is -2.31. The zero-order chi connectivity index (χ0) is 23.3. The minimum absolute atomic E-state index is 0.0770. The van der Waals surface area contributed by atoms with Crippen LogP contribution in [0.4, 0.5) is 4.79 Å². The number of benzene rings is 2.